The van der Waals surface area contributed by atoms with Crippen molar-refractivity contribution in [3.8, 4) is 11.4 Å². The Morgan fingerprint density at radius 3 is 2.86 bits per heavy atom. The van der Waals surface area contributed by atoms with Crippen molar-refractivity contribution in [3.63, 3.8) is 0 Å². The van der Waals surface area contributed by atoms with E-state index in [1.165, 1.54) is 5.56 Å². The zero-order valence-electron chi connectivity index (χ0n) is 15.3. The Labute approximate surface area is 161 Å². The second-order valence-electron chi connectivity index (χ2n) is 7.07. The minimum absolute atomic E-state index is 0.0340. The number of aromatic amines is 1. The molecule has 1 aliphatic rings. The highest BCUT2D eigenvalue weighted by molar-refractivity contribution is 5.78. The van der Waals surface area contributed by atoms with Crippen molar-refractivity contribution in [2.75, 3.05) is 6.54 Å². The molecule has 0 saturated heterocycles. The van der Waals surface area contributed by atoms with Crippen LogP contribution in [0.5, 0.6) is 0 Å². The Morgan fingerprint density at radius 2 is 1.96 bits per heavy atom. The molecule has 0 saturated carbocycles. The first-order chi connectivity index (χ1) is 13.8. The van der Waals surface area contributed by atoms with E-state index in [0.717, 1.165) is 40.8 Å². The van der Waals surface area contributed by atoms with Gasteiger partial charge in [-0.25, -0.2) is 4.98 Å². The van der Waals surface area contributed by atoms with E-state index >= 15 is 0 Å². The molecule has 0 radical (unpaired) electrons. The van der Waals surface area contributed by atoms with Gasteiger partial charge in [-0.05, 0) is 42.3 Å². The predicted molar refractivity (Wildman–Crippen MR) is 108 cm³/mol. The summed E-state index contributed by atoms with van der Waals surface area (Å²) in [5.74, 6) is 0.602. The van der Waals surface area contributed by atoms with Crippen molar-refractivity contribution in [3.05, 3.63) is 88.2 Å². The van der Waals surface area contributed by atoms with Crippen LogP contribution < -0.4 is 5.56 Å². The van der Waals surface area contributed by atoms with Gasteiger partial charge in [-0.3, -0.25) is 19.7 Å². The minimum atomic E-state index is -0.0340. The second-order valence-corrected chi connectivity index (χ2v) is 7.07. The van der Waals surface area contributed by atoms with Crippen LogP contribution in [0.15, 0.2) is 65.8 Å². The first-order valence-corrected chi connectivity index (χ1v) is 9.35. The van der Waals surface area contributed by atoms with Crippen molar-refractivity contribution < 1.29 is 0 Å². The van der Waals surface area contributed by atoms with Crippen LogP contribution in [0.3, 0.4) is 0 Å². The quantitative estimate of drug-likeness (QED) is 0.601. The fourth-order valence-electron chi connectivity index (χ4n) is 3.76. The number of fused-ring (bicyclic) bond motifs is 2. The van der Waals surface area contributed by atoms with Gasteiger partial charge in [0.25, 0.3) is 5.56 Å². The average molecular weight is 369 g/mol. The number of hydrogen-bond acceptors (Lipinski definition) is 5. The Hall–Kier alpha value is -3.38. The lowest BCUT2D eigenvalue weighted by molar-refractivity contribution is 0.240. The first kappa shape index (κ1) is 16.8. The summed E-state index contributed by atoms with van der Waals surface area (Å²) in [6.07, 6.45) is 5.93. The molecule has 3 aromatic heterocycles. The minimum Gasteiger partial charge on any atom is -0.306 e. The number of pyridine rings is 2. The van der Waals surface area contributed by atoms with Crippen molar-refractivity contribution in [2.24, 2.45) is 0 Å². The number of benzene rings is 1. The normalized spacial score (nSPS) is 14.1. The summed E-state index contributed by atoms with van der Waals surface area (Å²) in [6.45, 7) is 2.34. The molecule has 0 unspecified atom stereocenters. The maximum atomic E-state index is 12.5. The topological polar surface area (TPSA) is 74.8 Å². The molecular weight excluding hydrogens is 350 g/mol. The van der Waals surface area contributed by atoms with Crippen molar-refractivity contribution in [1.82, 2.24) is 24.8 Å². The van der Waals surface area contributed by atoms with Gasteiger partial charge >= 0.3 is 0 Å². The molecule has 4 heterocycles. The second kappa shape index (κ2) is 6.98. The van der Waals surface area contributed by atoms with Gasteiger partial charge in [0, 0.05) is 54.7 Å². The molecule has 0 atom stereocenters. The molecule has 1 N–H and O–H groups in total. The molecule has 6 nitrogen and oxygen atoms in total. The molecular formula is C22H19N5O. The van der Waals surface area contributed by atoms with Gasteiger partial charge in [-0.15, -0.1) is 0 Å². The maximum Gasteiger partial charge on any atom is 0.254 e. The van der Waals surface area contributed by atoms with E-state index in [1.54, 1.807) is 12.4 Å². The molecule has 0 aliphatic carbocycles. The number of nitrogens with zero attached hydrogens (tertiary/aromatic N) is 4. The van der Waals surface area contributed by atoms with E-state index in [2.05, 4.69) is 44.1 Å². The highest BCUT2D eigenvalue weighted by atomic mass is 16.1. The Kier molecular flexibility index (Phi) is 4.18. The first-order valence-electron chi connectivity index (χ1n) is 9.35. The van der Waals surface area contributed by atoms with E-state index < -0.39 is 0 Å². The zero-order valence-corrected chi connectivity index (χ0v) is 15.3. The van der Waals surface area contributed by atoms with Gasteiger partial charge in [-0.1, -0.05) is 12.1 Å². The molecule has 0 amide bonds. The lowest BCUT2D eigenvalue weighted by Crippen LogP contribution is -2.35. The van der Waals surface area contributed by atoms with Gasteiger partial charge in [0.1, 0.15) is 5.82 Å². The molecule has 0 fully saturated rings. The van der Waals surface area contributed by atoms with Crippen LogP contribution in [0.1, 0.15) is 16.8 Å². The van der Waals surface area contributed by atoms with Gasteiger partial charge in [-0.2, -0.15) is 0 Å². The highest BCUT2D eigenvalue weighted by Gasteiger charge is 2.21. The smallest absolute Gasteiger partial charge is 0.254 e. The fourth-order valence-corrected chi connectivity index (χ4v) is 3.76. The summed E-state index contributed by atoms with van der Waals surface area (Å²) >= 11 is 0. The Bertz CT molecular complexity index is 1200. The Balaban J connectivity index is 1.42. The molecule has 1 aliphatic heterocycles. The summed E-state index contributed by atoms with van der Waals surface area (Å²) in [5, 5.41) is 1.15. The summed E-state index contributed by atoms with van der Waals surface area (Å²) in [5.41, 5.74) is 4.75. The molecule has 0 bridgehead atoms. The SMILES string of the molecule is O=c1[nH]c(-c2ccncc2)nc2c1CCN(Cc1ccc3ncccc3c1)C2. The van der Waals surface area contributed by atoms with E-state index in [9.17, 15) is 4.79 Å². The van der Waals surface area contributed by atoms with Gasteiger partial charge < -0.3 is 4.98 Å². The number of rotatable bonds is 3. The number of nitrogens with one attached hydrogen (secondary N) is 1. The molecule has 0 spiro atoms. The fraction of sp³-hybridized carbons (Fsp3) is 0.182. The molecule has 138 valence electrons. The van der Waals surface area contributed by atoms with Crippen LogP contribution in [-0.4, -0.2) is 31.4 Å². The summed E-state index contributed by atoms with van der Waals surface area (Å²) < 4.78 is 0. The number of aromatic nitrogens is 4. The number of hydrogen-bond donors (Lipinski definition) is 1. The Morgan fingerprint density at radius 1 is 1.07 bits per heavy atom. The lowest BCUT2D eigenvalue weighted by atomic mass is 10.0. The zero-order chi connectivity index (χ0) is 18.9. The number of H-pyrrole nitrogens is 1. The standard InChI is InChI=1S/C22H19N5O/c28-22-18-7-11-27(13-15-3-4-19-17(12-15)2-1-8-24-19)14-20(18)25-21(26-22)16-5-9-23-10-6-16/h1-6,8-10,12H,7,11,13-14H2,(H,25,26,28). The van der Waals surface area contributed by atoms with Crippen LogP contribution in [0, 0.1) is 0 Å². The van der Waals surface area contributed by atoms with Crippen LogP contribution in [0.4, 0.5) is 0 Å². The maximum absolute atomic E-state index is 12.5. The van der Waals surface area contributed by atoms with Crippen molar-refractivity contribution >= 4 is 10.9 Å². The average Bonchev–Trinajstić information content (AvgIpc) is 2.74. The van der Waals surface area contributed by atoms with Crippen molar-refractivity contribution in [1.29, 1.82) is 0 Å². The third-order valence-corrected chi connectivity index (χ3v) is 5.18. The molecule has 28 heavy (non-hydrogen) atoms. The van der Waals surface area contributed by atoms with Crippen LogP contribution in [-0.2, 0) is 19.5 Å². The van der Waals surface area contributed by atoms with E-state index in [-0.39, 0.29) is 5.56 Å². The van der Waals surface area contributed by atoms with Gasteiger partial charge in [0.15, 0.2) is 0 Å². The van der Waals surface area contributed by atoms with Crippen molar-refractivity contribution in [2.45, 2.75) is 19.5 Å². The molecule has 4 aromatic rings. The molecule has 5 rings (SSSR count). The van der Waals surface area contributed by atoms with Gasteiger partial charge in [0.05, 0.1) is 11.2 Å². The lowest BCUT2D eigenvalue weighted by Gasteiger charge is -2.27. The summed E-state index contributed by atoms with van der Waals surface area (Å²) in [4.78, 5) is 30.9. The third-order valence-electron chi connectivity index (χ3n) is 5.18. The van der Waals surface area contributed by atoms with Crippen LogP contribution in [0.25, 0.3) is 22.3 Å². The summed E-state index contributed by atoms with van der Waals surface area (Å²) in [7, 11) is 0. The molecule has 6 heteroatoms. The van der Waals surface area contributed by atoms with Gasteiger partial charge in [0.2, 0.25) is 0 Å². The van der Waals surface area contributed by atoms with Crippen LogP contribution in [0.2, 0.25) is 0 Å². The van der Waals surface area contributed by atoms with E-state index in [0.29, 0.717) is 18.8 Å². The molecule has 1 aromatic carbocycles. The highest BCUT2D eigenvalue weighted by Crippen LogP contribution is 2.21. The van der Waals surface area contributed by atoms with Crippen LogP contribution >= 0.6 is 0 Å². The summed E-state index contributed by atoms with van der Waals surface area (Å²) in [6, 6.07) is 14.1. The van der Waals surface area contributed by atoms with E-state index in [4.69, 9.17) is 4.98 Å². The largest absolute Gasteiger partial charge is 0.306 e. The predicted octanol–water partition coefficient (Wildman–Crippen LogP) is 2.94. The monoisotopic (exact) mass is 369 g/mol. The van der Waals surface area contributed by atoms with E-state index in [1.807, 2.05) is 24.4 Å². The third kappa shape index (κ3) is 3.18.